The van der Waals surface area contributed by atoms with Crippen LogP contribution < -0.4 is 0 Å². The maximum absolute atomic E-state index is 13.0. The van der Waals surface area contributed by atoms with Crippen molar-refractivity contribution in [2.45, 2.75) is 16.1 Å². The van der Waals surface area contributed by atoms with Crippen LogP contribution in [0.25, 0.3) is 0 Å². The largest absolute Gasteiger partial charge is 0.417 e. The highest BCUT2D eigenvalue weighted by molar-refractivity contribution is 9.10. The number of carbonyl (C=O) groups is 1. The number of aromatic nitrogens is 1. The summed E-state index contributed by atoms with van der Waals surface area (Å²) in [6.07, 6.45) is -2.62. The zero-order chi connectivity index (χ0) is 14.8. The first-order valence-corrected chi connectivity index (χ1v) is 6.97. The summed E-state index contributed by atoms with van der Waals surface area (Å²) in [6.45, 7) is 0. The van der Waals surface area contributed by atoms with Gasteiger partial charge >= 0.3 is 6.18 Å². The average Bonchev–Trinajstić information content (AvgIpc) is 2.40. The van der Waals surface area contributed by atoms with Gasteiger partial charge in [-0.15, -0.1) is 0 Å². The minimum atomic E-state index is -4.52. The second-order valence-electron chi connectivity index (χ2n) is 3.79. The Hall–Kier alpha value is -1.34. The number of benzene rings is 1. The monoisotopic (exact) mass is 361 g/mol. The van der Waals surface area contributed by atoms with Crippen LogP contribution in [0.3, 0.4) is 0 Å². The lowest BCUT2D eigenvalue weighted by atomic mass is 10.1. The molecule has 1 aromatic carbocycles. The van der Waals surface area contributed by atoms with E-state index in [0.717, 1.165) is 22.3 Å². The molecule has 104 valence electrons. The molecular weight excluding hydrogens is 355 g/mol. The average molecular weight is 362 g/mol. The van der Waals surface area contributed by atoms with Crippen molar-refractivity contribution >= 4 is 34.0 Å². The molecule has 0 atom stereocenters. The minimum Gasteiger partial charge on any atom is -0.298 e. The second kappa shape index (κ2) is 5.97. The molecule has 0 saturated heterocycles. The molecule has 0 spiro atoms. The Balaban J connectivity index is 2.40. The van der Waals surface area contributed by atoms with Crippen molar-refractivity contribution in [3.8, 4) is 0 Å². The van der Waals surface area contributed by atoms with Crippen molar-refractivity contribution in [2.75, 3.05) is 0 Å². The number of nitrogens with zero attached hydrogens (tertiary/aromatic N) is 1. The normalized spacial score (nSPS) is 11.4. The number of aldehydes is 1. The van der Waals surface area contributed by atoms with Gasteiger partial charge in [-0.2, -0.15) is 13.2 Å². The minimum absolute atomic E-state index is 0.00885. The van der Waals surface area contributed by atoms with Gasteiger partial charge in [0.15, 0.2) is 0 Å². The van der Waals surface area contributed by atoms with Gasteiger partial charge < -0.3 is 0 Å². The number of alkyl halides is 3. The molecule has 0 N–H and O–H groups in total. The summed E-state index contributed by atoms with van der Waals surface area (Å²) in [5, 5.41) is 0.442. The summed E-state index contributed by atoms with van der Waals surface area (Å²) in [6, 6.07) is 6.78. The molecule has 0 amide bonds. The van der Waals surface area contributed by atoms with Crippen molar-refractivity contribution in [3.05, 3.63) is 52.1 Å². The highest BCUT2D eigenvalue weighted by Crippen LogP contribution is 2.39. The van der Waals surface area contributed by atoms with Gasteiger partial charge in [0.1, 0.15) is 11.3 Å². The topological polar surface area (TPSA) is 30.0 Å². The molecule has 2 aromatic rings. The maximum atomic E-state index is 13.0. The Morgan fingerprint density at radius 1 is 1.20 bits per heavy atom. The standard InChI is InChI=1S/C13H7BrF3NOS/c14-9-2-4-12(18-6-9)20-11-3-1-8(7-19)5-10(11)13(15,16)17/h1-7H. The van der Waals surface area contributed by atoms with E-state index in [1.807, 2.05) is 0 Å². The molecule has 0 bridgehead atoms. The van der Waals surface area contributed by atoms with E-state index >= 15 is 0 Å². The summed E-state index contributed by atoms with van der Waals surface area (Å²) in [5.74, 6) is 0. The Morgan fingerprint density at radius 2 is 1.95 bits per heavy atom. The van der Waals surface area contributed by atoms with Crippen LogP contribution in [0.2, 0.25) is 0 Å². The summed E-state index contributed by atoms with van der Waals surface area (Å²) in [7, 11) is 0. The van der Waals surface area contributed by atoms with Crippen molar-refractivity contribution < 1.29 is 18.0 Å². The lowest BCUT2D eigenvalue weighted by molar-refractivity contribution is -0.139. The van der Waals surface area contributed by atoms with E-state index in [0.29, 0.717) is 11.3 Å². The van der Waals surface area contributed by atoms with E-state index in [1.165, 1.54) is 18.3 Å². The van der Waals surface area contributed by atoms with Crippen LogP contribution in [0.1, 0.15) is 15.9 Å². The van der Waals surface area contributed by atoms with E-state index in [-0.39, 0.29) is 10.5 Å². The van der Waals surface area contributed by atoms with Crippen molar-refractivity contribution in [3.63, 3.8) is 0 Å². The van der Waals surface area contributed by atoms with Gasteiger partial charge in [-0.05, 0) is 40.2 Å². The molecule has 20 heavy (non-hydrogen) atoms. The number of hydrogen-bond acceptors (Lipinski definition) is 3. The van der Waals surface area contributed by atoms with E-state index in [4.69, 9.17) is 0 Å². The molecule has 0 aliphatic rings. The summed E-state index contributed by atoms with van der Waals surface area (Å²) >= 11 is 4.11. The Labute approximate surface area is 125 Å². The van der Waals surface area contributed by atoms with E-state index in [1.54, 1.807) is 12.1 Å². The molecule has 0 aliphatic carbocycles. The molecule has 0 aliphatic heterocycles. The number of carbonyl (C=O) groups excluding carboxylic acids is 1. The highest BCUT2D eigenvalue weighted by Gasteiger charge is 2.34. The van der Waals surface area contributed by atoms with Gasteiger partial charge in [0.25, 0.3) is 0 Å². The fourth-order valence-electron chi connectivity index (χ4n) is 1.47. The van der Waals surface area contributed by atoms with Crippen molar-refractivity contribution in [1.29, 1.82) is 0 Å². The lowest BCUT2D eigenvalue weighted by Gasteiger charge is -2.12. The Kier molecular flexibility index (Phi) is 4.49. The van der Waals surface area contributed by atoms with Gasteiger partial charge in [0, 0.05) is 21.1 Å². The molecule has 0 unspecified atom stereocenters. The zero-order valence-electron chi connectivity index (χ0n) is 9.82. The fraction of sp³-hybridized carbons (Fsp3) is 0.0769. The molecule has 0 fully saturated rings. The molecule has 2 nitrogen and oxygen atoms in total. The van der Waals surface area contributed by atoms with Crippen LogP contribution in [0.5, 0.6) is 0 Å². The van der Waals surface area contributed by atoms with Crippen molar-refractivity contribution in [1.82, 2.24) is 4.98 Å². The maximum Gasteiger partial charge on any atom is 0.417 e. The predicted molar refractivity (Wildman–Crippen MR) is 72.9 cm³/mol. The first kappa shape index (κ1) is 15.1. The van der Waals surface area contributed by atoms with Gasteiger partial charge in [-0.1, -0.05) is 17.8 Å². The summed E-state index contributed by atoms with van der Waals surface area (Å²) < 4.78 is 39.7. The van der Waals surface area contributed by atoms with Gasteiger partial charge in [-0.3, -0.25) is 4.79 Å². The number of pyridine rings is 1. The zero-order valence-corrected chi connectivity index (χ0v) is 12.2. The van der Waals surface area contributed by atoms with E-state index in [9.17, 15) is 18.0 Å². The summed E-state index contributed by atoms with van der Waals surface area (Å²) in [4.78, 5) is 14.6. The fourth-order valence-corrected chi connectivity index (χ4v) is 2.59. The molecule has 1 aromatic heterocycles. The van der Waals surface area contributed by atoms with Crippen LogP contribution in [-0.4, -0.2) is 11.3 Å². The third kappa shape index (κ3) is 3.61. The van der Waals surface area contributed by atoms with Crippen LogP contribution >= 0.6 is 27.7 Å². The van der Waals surface area contributed by atoms with Crippen LogP contribution in [-0.2, 0) is 6.18 Å². The summed E-state index contributed by atoms with van der Waals surface area (Å²) in [5.41, 5.74) is -0.845. The third-order valence-electron chi connectivity index (χ3n) is 2.36. The second-order valence-corrected chi connectivity index (χ2v) is 5.77. The van der Waals surface area contributed by atoms with Gasteiger partial charge in [0.2, 0.25) is 0 Å². The smallest absolute Gasteiger partial charge is 0.298 e. The van der Waals surface area contributed by atoms with Crippen LogP contribution in [0.15, 0.2) is 50.9 Å². The SMILES string of the molecule is O=Cc1ccc(Sc2ccc(Br)cn2)c(C(F)(F)F)c1. The molecule has 7 heteroatoms. The first-order chi connectivity index (χ1) is 9.40. The highest BCUT2D eigenvalue weighted by atomic mass is 79.9. The van der Waals surface area contributed by atoms with Gasteiger partial charge in [-0.25, -0.2) is 4.98 Å². The molecule has 0 radical (unpaired) electrons. The van der Waals surface area contributed by atoms with E-state index in [2.05, 4.69) is 20.9 Å². The molecule has 2 rings (SSSR count). The Bertz CT molecular complexity index is 629. The third-order valence-corrected chi connectivity index (χ3v) is 3.86. The Morgan fingerprint density at radius 3 is 2.50 bits per heavy atom. The predicted octanol–water partition coefficient (Wildman–Crippen LogP) is 4.83. The van der Waals surface area contributed by atoms with Gasteiger partial charge in [0.05, 0.1) is 5.56 Å². The van der Waals surface area contributed by atoms with Crippen LogP contribution in [0.4, 0.5) is 13.2 Å². The van der Waals surface area contributed by atoms with Crippen molar-refractivity contribution in [2.24, 2.45) is 0 Å². The molecule has 1 heterocycles. The van der Waals surface area contributed by atoms with Crippen LogP contribution in [0, 0.1) is 0 Å². The first-order valence-electron chi connectivity index (χ1n) is 5.36. The number of halogens is 4. The molecular formula is C13H7BrF3NOS. The quantitative estimate of drug-likeness (QED) is 0.733. The number of hydrogen-bond donors (Lipinski definition) is 0. The van der Waals surface area contributed by atoms with E-state index < -0.39 is 11.7 Å². The molecule has 0 saturated carbocycles. The lowest BCUT2D eigenvalue weighted by Crippen LogP contribution is -2.07. The number of rotatable bonds is 3.